The number of rotatable bonds is 6. The van der Waals surface area contributed by atoms with Crippen LogP contribution in [0.5, 0.6) is 0 Å². The van der Waals surface area contributed by atoms with Crippen molar-refractivity contribution in [3.63, 3.8) is 0 Å². The minimum absolute atomic E-state index is 0.175. The molecule has 0 aromatic heterocycles. The molecule has 3 nitrogen and oxygen atoms in total. The lowest BCUT2D eigenvalue weighted by molar-refractivity contribution is -0.146. The number of thioether (sulfide) groups is 1. The molecule has 0 saturated heterocycles. The largest absolute Gasteiger partial charge is 0.465 e. The van der Waals surface area contributed by atoms with Gasteiger partial charge in [-0.25, -0.2) is 4.79 Å². The summed E-state index contributed by atoms with van der Waals surface area (Å²) in [5.41, 5.74) is 0.985. The average molecular weight is 293 g/mol. The fourth-order valence-electron chi connectivity index (χ4n) is 2.71. The summed E-state index contributed by atoms with van der Waals surface area (Å²) in [5.74, 6) is -0.175. The topological polar surface area (TPSA) is 38.3 Å². The third-order valence-corrected chi connectivity index (χ3v) is 4.87. The van der Waals surface area contributed by atoms with Crippen molar-refractivity contribution < 1.29 is 9.53 Å². The second-order valence-corrected chi connectivity index (χ2v) is 6.27. The van der Waals surface area contributed by atoms with E-state index in [9.17, 15) is 4.79 Å². The third kappa shape index (κ3) is 4.00. The van der Waals surface area contributed by atoms with Crippen LogP contribution >= 0.6 is 11.8 Å². The summed E-state index contributed by atoms with van der Waals surface area (Å²) in [4.78, 5) is 12.2. The summed E-state index contributed by atoms with van der Waals surface area (Å²) in [5, 5.41) is 4.21. The number of hydrogen-bond acceptors (Lipinski definition) is 4. The van der Waals surface area contributed by atoms with Gasteiger partial charge in [0.15, 0.2) is 0 Å². The molecular formula is C16H23NO2S. The Morgan fingerprint density at radius 1 is 1.40 bits per heavy atom. The molecule has 0 spiro atoms. The number of nitrogens with one attached hydrogen (secondary N) is 1. The fraction of sp³-hybridized carbons (Fsp3) is 0.562. The van der Waals surface area contributed by atoms with E-state index in [1.807, 2.05) is 49.0 Å². The van der Waals surface area contributed by atoms with Gasteiger partial charge in [-0.3, -0.25) is 5.32 Å². The molecule has 20 heavy (non-hydrogen) atoms. The van der Waals surface area contributed by atoms with Crippen LogP contribution in [0.3, 0.4) is 0 Å². The first-order valence-corrected chi connectivity index (χ1v) is 8.53. The Morgan fingerprint density at radius 3 is 2.75 bits per heavy atom. The molecule has 3 atom stereocenters. The molecule has 2 rings (SSSR count). The van der Waals surface area contributed by atoms with Crippen LogP contribution in [0.15, 0.2) is 30.3 Å². The molecule has 0 heterocycles. The van der Waals surface area contributed by atoms with Crippen molar-refractivity contribution in [1.82, 2.24) is 5.32 Å². The molecule has 1 aliphatic carbocycles. The highest BCUT2D eigenvalue weighted by Gasteiger charge is 2.29. The van der Waals surface area contributed by atoms with E-state index in [4.69, 9.17) is 4.74 Å². The predicted octanol–water partition coefficient (Wildman–Crippen LogP) is 3.16. The zero-order chi connectivity index (χ0) is 14.4. The predicted molar refractivity (Wildman–Crippen MR) is 83.9 cm³/mol. The van der Waals surface area contributed by atoms with Crippen molar-refractivity contribution in [1.29, 1.82) is 0 Å². The van der Waals surface area contributed by atoms with E-state index < -0.39 is 0 Å². The number of benzene rings is 1. The molecule has 1 aliphatic rings. The number of hydrogen-bond donors (Lipinski definition) is 1. The lowest BCUT2D eigenvalue weighted by atomic mass is 10.1. The summed E-state index contributed by atoms with van der Waals surface area (Å²) >= 11 is 1.92. The van der Waals surface area contributed by atoms with E-state index in [0.717, 1.165) is 18.4 Å². The van der Waals surface area contributed by atoms with Crippen LogP contribution in [0.4, 0.5) is 0 Å². The second kappa shape index (κ2) is 7.70. The van der Waals surface area contributed by atoms with Crippen LogP contribution in [0.2, 0.25) is 0 Å². The highest BCUT2D eigenvalue weighted by Crippen LogP contribution is 2.30. The van der Waals surface area contributed by atoms with E-state index in [2.05, 4.69) is 11.6 Å². The molecule has 3 unspecified atom stereocenters. The van der Waals surface area contributed by atoms with Gasteiger partial charge in [0, 0.05) is 11.3 Å². The fourth-order valence-corrected chi connectivity index (χ4v) is 3.51. The van der Waals surface area contributed by atoms with Crippen LogP contribution in [-0.2, 0) is 9.53 Å². The van der Waals surface area contributed by atoms with Crippen molar-refractivity contribution in [3.05, 3.63) is 35.9 Å². The third-order valence-electron chi connectivity index (χ3n) is 3.78. The lowest BCUT2D eigenvalue weighted by Gasteiger charge is -2.22. The van der Waals surface area contributed by atoms with Gasteiger partial charge in [-0.1, -0.05) is 30.3 Å². The van der Waals surface area contributed by atoms with Gasteiger partial charge < -0.3 is 4.74 Å². The summed E-state index contributed by atoms with van der Waals surface area (Å²) in [6.07, 6.45) is 5.65. The Balaban J connectivity index is 2.05. The van der Waals surface area contributed by atoms with Gasteiger partial charge in [-0.05, 0) is 38.0 Å². The molecule has 1 saturated carbocycles. The molecule has 0 radical (unpaired) electrons. The Morgan fingerprint density at radius 2 is 2.15 bits per heavy atom. The summed E-state index contributed by atoms with van der Waals surface area (Å²) in [6.45, 7) is 2.27. The molecule has 0 bridgehead atoms. The quantitative estimate of drug-likeness (QED) is 0.818. The van der Waals surface area contributed by atoms with Gasteiger partial charge in [0.1, 0.15) is 6.04 Å². The van der Waals surface area contributed by atoms with Gasteiger partial charge in [0.25, 0.3) is 0 Å². The van der Waals surface area contributed by atoms with Crippen LogP contribution in [0.25, 0.3) is 0 Å². The molecule has 1 N–H and O–H groups in total. The van der Waals surface area contributed by atoms with Crippen molar-refractivity contribution >= 4 is 17.7 Å². The van der Waals surface area contributed by atoms with Crippen molar-refractivity contribution in [2.24, 2.45) is 0 Å². The van der Waals surface area contributed by atoms with Crippen LogP contribution in [-0.4, -0.2) is 30.1 Å². The standard InChI is InChI=1S/C16H23NO2S/c1-3-19-16(18)15(12-7-5-4-6-8-12)17-13-9-10-14(11-13)20-2/h4-8,13-15,17H,3,9-11H2,1-2H3. The van der Waals surface area contributed by atoms with E-state index >= 15 is 0 Å². The maximum Gasteiger partial charge on any atom is 0.327 e. The van der Waals surface area contributed by atoms with Crippen LogP contribution in [0, 0.1) is 0 Å². The summed E-state index contributed by atoms with van der Waals surface area (Å²) < 4.78 is 5.22. The SMILES string of the molecule is CCOC(=O)C(NC1CCC(SC)C1)c1ccccc1. The Labute approximate surface area is 125 Å². The van der Waals surface area contributed by atoms with Gasteiger partial charge >= 0.3 is 5.97 Å². The molecule has 0 aliphatic heterocycles. The summed E-state index contributed by atoms with van der Waals surface area (Å²) in [7, 11) is 0. The molecule has 4 heteroatoms. The highest BCUT2D eigenvalue weighted by atomic mass is 32.2. The van der Waals surface area contributed by atoms with Gasteiger partial charge in [-0.2, -0.15) is 11.8 Å². The number of carbonyl (C=O) groups excluding carboxylic acids is 1. The monoisotopic (exact) mass is 293 g/mol. The molecule has 1 aromatic carbocycles. The zero-order valence-corrected chi connectivity index (χ0v) is 13.0. The second-order valence-electron chi connectivity index (χ2n) is 5.13. The Bertz CT molecular complexity index is 424. The molecule has 0 amide bonds. The van der Waals surface area contributed by atoms with Gasteiger partial charge in [-0.15, -0.1) is 0 Å². The van der Waals surface area contributed by atoms with E-state index in [1.165, 1.54) is 6.42 Å². The van der Waals surface area contributed by atoms with Crippen LogP contribution in [0.1, 0.15) is 37.8 Å². The molecular weight excluding hydrogens is 270 g/mol. The van der Waals surface area contributed by atoms with Gasteiger partial charge in [0.05, 0.1) is 6.61 Å². The number of esters is 1. The minimum atomic E-state index is -0.346. The Hall–Kier alpha value is -1.00. The minimum Gasteiger partial charge on any atom is -0.465 e. The lowest BCUT2D eigenvalue weighted by Crippen LogP contribution is -2.36. The first-order chi connectivity index (χ1) is 9.74. The maximum atomic E-state index is 12.2. The smallest absolute Gasteiger partial charge is 0.327 e. The number of ether oxygens (including phenoxy) is 1. The first kappa shape index (κ1) is 15.4. The van der Waals surface area contributed by atoms with E-state index in [1.54, 1.807) is 0 Å². The molecule has 1 aromatic rings. The average Bonchev–Trinajstić information content (AvgIpc) is 2.93. The summed E-state index contributed by atoms with van der Waals surface area (Å²) in [6, 6.07) is 9.91. The van der Waals surface area contributed by atoms with E-state index in [0.29, 0.717) is 17.9 Å². The molecule has 110 valence electrons. The maximum absolute atomic E-state index is 12.2. The number of carbonyl (C=O) groups is 1. The van der Waals surface area contributed by atoms with Crippen molar-refractivity contribution in [3.8, 4) is 0 Å². The highest BCUT2D eigenvalue weighted by molar-refractivity contribution is 7.99. The van der Waals surface area contributed by atoms with Crippen molar-refractivity contribution in [2.45, 2.75) is 43.5 Å². The molecule has 1 fully saturated rings. The first-order valence-electron chi connectivity index (χ1n) is 7.25. The Kier molecular flexibility index (Phi) is 5.92. The normalized spacial score (nSPS) is 23.5. The van der Waals surface area contributed by atoms with Crippen molar-refractivity contribution in [2.75, 3.05) is 12.9 Å². The van der Waals surface area contributed by atoms with E-state index in [-0.39, 0.29) is 12.0 Å². The zero-order valence-electron chi connectivity index (χ0n) is 12.2. The van der Waals surface area contributed by atoms with Crippen LogP contribution < -0.4 is 5.32 Å². The van der Waals surface area contributed by atoms with Gasteiger partial charge in [0.2, 0.25) is 0 Å².